The van der Waals surface area contributed by atoms with Crippen molar-refractivity contribution in [3.05, 3.63) is 48.0 Å². The van der Waals surface area contributed by atoms with E-state index in [0.29, 0.717) is 0 Å². The fourth-order valence-corrected chi connectivity index (χ4v) is 4.21. The highest BCUT2D eigenvalue weighted by atomic mass is 16.2. The second-order valence-electron chi connectivity index (χ2n) is 7.17. The van der Waals surface area contributed by atoms with Gasteiger partial charge in [0, 0.05) is 19.6 Å². The number of hydrogen-bond donors (Lipinski definition) is 1. The Morgan fingerprint density at radius 3 is 2.58 bits per heavy atom. The quantitative estimate of drug-likeness (QED) is 0.922. The summed E-state index contributed by atoms with van der Waals surface area (Å²) in [5.41, 5.74) is 1.20. The predicted molar refractivity (Wildman–Crippen MR) is 102 cm³/mol. The highest BCUT2D eigenvalue weighted by Gasteiger charge is 2.31. The molecular weight excluding hydrogens is 326 g/mol. The second-order valence-corrected chi connectivity index (χ2v) is 7.17. The summed E-state index contributed by atoms with van der Waals surface area (Å²) in [7, 11) is 0. The predicted octanol–water partition coefficient (Wildman–Crippen LogP) is 3.31. The number of amides is 3. The van der Waals surface area contributed by atoms with Crippen molar-refractivity contribution >= 4 is 22.7 Å². The molecule has 1 atom stereocenters. The summed E-state index contributed by atoms with van der Waals surface area (Å²) in [6.07, 6.45) is 4.08. The number of benzene rings is 2. The average Bonchev–Trinajstić information content (AvgIpc) is 3.37. The van der Waals surface area contributed by atoms with E-state index in [-0.39, 0.29) is 24.5 Å². The maximum absolute atomic E-state index is 12.7. The maximum Gasteiger partial charge on any atom is 0.318 e. The van der Waals surface area contributed by atoms with E-state index in [2.05, 4.69) is 35.6 Å². The summed E-state index contributed by atoms with van der Waals surface area (Å²) >= 11 is 0. The summed E-state index contributed by atoms with van der Waals surface area (Å²) in [5.74, 6) is 0.0248. The Labute approximate surface area is 154 Å². The number of nitrogens with zero attached hydrogens (tertiary/aromatic N) is 2. The van der Waals surface area contributed by atoms with Gasteiger partial charge < -0.3 is 15.1 Å². The fourth-order valence-electron chi connectivity index (χ4n) is 4.21. The van der Waals surface area contributed by atoms with Crippen LogP contribution in [0.1, 0.15) is 37.3 Å². The van der Waals surface area contributed by atoms with E-state index in [1.807, 2.05) is 21.9 Å². The minimum absolute atomic E-state index is 0.0248. The molecule has 0 radical (unpaired) electrons. The first-order chi connectivity index (χ1) is 12.7. The highest BCUT2D eigenvalue weighted by molar-refractivity contribution is 5.88. The largest absolute Gasteiger partial charge is 0.341 e. The fraction of sp³-hybridized carbons (Fsp3) is 0.429. The van der Waals surface area contributed by atoms with Crippen molar-refractivity contribution in [1.82, 2.24) is 15.1 Å². The minimum atomic E-state index is -0.131. The number of nitrogens with one attached hydrogen (secondary N) is 1. The molecule has 2 aromatic carbocycles. The Hall–Kier alpha value is -2.56. The highest BCUT2D eigenvalue weighted by Crippen LogP contribution is 2.35. The zero-order chi connectivity index (χ0) is 17.9. The van der Waals surface area contributed by atoms with Gasteiger partial charge in [-0.3, -0.25) is 4.79 Å². The summed E-state index contributed by atoms with van der Waals surface area (Å²) in [5, 5.41) is 5.24. The van der Waals surface area contributed by atoms with E-state index in [9.17, 15) is 9.59 Å². The van der Waals surface area contributed by atoms with Crippen molar-refractivity contribution in [2.24, 2.45) is 0 Å². The molecule has 136 valence electrons. The number of fused-ring (bicyclic) bond motifs is 1. The van der Waals surface area contributed by atoms with Gasteiger partial charge in [0.15, 0.2) is 0 Å². The molecule has 26 heavy (non-hydrogen) atoms. The molecule has 2 aromatic rings. The van der Waals surface area contributed by atoms with Crippen LogP contribution in [0.2, 0.25) is 0 Å². The Morgan fingerprint density at radius 1 is 0.962 bits per heavy atom. The van der Waals surface area contributed by atoms with Crippen LogP contribution in [-0.4, -0.2) is 47.9 Å². The van der Waals surface area contributed by atoms with Crippen LogP contribution >= 0.6 is 0 Å². The number of hydrogen-bond acceptors (Lipinski definition) is 2. The molecule has 0 aromatic heterocycles. The van der Waals surface area contributed by atoms with E-state index in [1.165, 1.54) is 16.3 Å². The lowest BCUT2D eigenvalue weighted by atomic mass is 9.97. The van der Waals surface area contributed by atoms with Gasteiger partial charge in [0.2, 0.25) is 5.91 Å². The van der Waals surface area contributed by atoms with Gasteiger partial charge >= 0.3 is 6.03 Å². The van der Waals surface area contributed by atoms with Gasteiger partial charge in [-0.15, -0.1) is 0 Å². The molecule has 0 saturated carbocycles. The number of likely N-dealkylation sites (tertiary alicyclic amines) is 2. The molecule has 0 bridgehead atoms. The van der Waals surface area contributed by atoms with Crippen molar-refractivity contribution in [2.45, 2.75) is 31.7 Å². The SMILES string of the molecule is O=C(CNC(=O)N1CCCC1c1cccc2ccccc12)N1CCCC1. The van der Waals surface area contributed by atoms with Crippen LogP contribution in [0.3, 0.4) is 0 Å². The molecule has 1 unspecified atom stereocenters. The van der Waals surface area contributed by atoms with Gasteiger partial charge in [-0.05, 0) is 42.0 Å². The van der Waals surface area contributed by atoms with Gasteiger partial charge in [0.05, 0.1) is 12.6 Å². The van der Waals surface area contributed by atoms with Crippen molar-refractivity contribution in [2.75, 3.05) is 26.2 Å². The molecule has 0 spiro atoms. The van der Waals surface area contributed by atoms with E-state index < -0.39 is 0 Å². The number of urea groups is 1. The Balaban J connectivity index is 1.47. The molecule has 5 heteroatoms. The summed E-state index contributed by atoms with van der Waals surface area (Å²) in [4.78, 5) is 28.6. The zero-order valence-electron chi connectivity index (χ0n) is 15.0. The third-order valence-corrected chi connectivity index (χ3v) is 5.55. The molecule has 2 aliphatic heterocycles. The molecule has 1 N–H and O–H groups in total. The number of carbonyl (C=O) groups is 2. The standard InChI is InChI=1S/C21H25N3O2/c25-20(23-12-3-4-13-23)15-22-21(26)24-14-6-11-19(24)18-10-5-8-16-7-1-2-9-17(16)18/h1-2,5,7-10,19H,3-4,6,11-15H2,(H,22,26). The Kier molecular flexibility index (Phi) is 4.78. The van der Waals surface area contributed by atoms with E-state index >= 15 is 0 Å². The Bertz CT molecular complexity index is 809. The summed E-state index contributed by atoms with van der Waals surface area (Å²) < 4.78 is 0. The van der Waals surface area contributed by atoms with Crippen LogP contribution in [-0.2, 0) is 4.79 Å². The van der Waals surface area contributed by atoms with Gasteiger partial charge in [0.25, 0.3) is 0 Å². The maximum atomic E-state index is 12.7. The van der Waals surface area contributed by atoms with E-state index in [4.69, 9.17) is 0 Å². The van der Waals surface area contributed by atoms with Crippen molar-refractivity contribution in [3.63, 3.8) is 0 Å². The smallest absolute Gasteiger partial charge is 0.318 e. The van der Waals surface area contributed by atoms with Crippen LogP contribution in [0.25, 0.3) is 10.8 Å². The zero-order valence-corrected chi connectivity index (χ0v) is 15.0. The Morgan fingerprint density at radius 2 is 1.73 bits per heavy atom. The monoisotopic (exact) mass is 351 g/mol. The molecule has 2 heterocycles. The normalized spacial score (nSPS) is 19.9. The van der Waals surface area contributed by atoms with Crippen molar-refractivity contribution in [1.29, 1.82) is 0 Å². The lowest BCUT2D eigenvalue weighted by Crippen LogP contribution is -2.44. The molecule has 3 amide bonds. The van der Waals surface area contributed by atoms with Crippen LogP contribution in [0.4, 0.5) is 4.79 Å². The van der Waals surface area contributed by atoms with E-state index in [0.717, 1.165) is 45.3 Å². The van der Waals surface area contributed by atoms with Crippen molar-refractivity contribution in [3.8, 4) is 0 Å². The summed E-state index contributed by atoms with van der Waals surface area (Å²) in [6.45, 7) is 2.46. The van der Waals surface area contributed by atoms with Crippen molar-refractivity contribution < 1.29 is 9.59 Å². The first-order valence-electron chi connectivity index (χ1n) is 9.54. The third kappa shape index (κ3) is 3.26. The molecule has 5 nitrogen and oxygen atoms in total. The van der Waals surface area contributed by atoms with Gasteiger partial charge in [-0.25, -0.2) is 4.79 Å². The number of rotatable bonds is 3. The molecule has 0 aliphatic carbocycles. The lowest BCUT2D eigenvalue weighted by Gasteiger charge is -2.26. The van der Waals surface area contributed by atoms with Crippen LogP contribution < -0.4 is 5.32 Å². The third-order valence-electron chi connectivity index (χ3n) is 5.55. The van der Waals surface area contributed by atoms with Gasteiger partial charge in [-0.2, -0.15) is 0 Å². The van der Waals surface area contributed by atoms with E-state index in [1.54, 1.807) is 0 Å². The lowest BCUT2D eigenvalue weighted by molar-refractivity contribution is -0.129. The van der Waals surface area contributed by atoms with Crippen LogP contribution in [0.5, 0.6) is 0 Å². The molecular formula is C21H25N3O2. The van der Waals surface area contributed by atoms with Crippen LogP contribution in [0, 0.1) is 0 Å². The van der Waals surface area contributed by atoms with Gasteiger partial charge in [0.1, 0.15) is 0 Å². The van der Waals surface area contributed by atoms with Gasteiger partial charge in [-0.1, -0.05) is 42.5 Å². The molecule has 2 aliphatic rings. The topological polar surface area (TPSA) is 52.7 Å². The summed E-state index contributed by atoms with van der Waals surface area (Å²) in [6, 6.07) is 14.5. The van der Waals surface area contributed by atoms with Crippen LogP contribution in [0.15, 0.2) is 42.5 Å². The second kappa shape index (κ2) is 7.36. The molecule has 2 saturated heterocycles. The first kappa shape index (κ1) is 16.9. The number of carbonyl (C=O) groups excluding carboxylic acids is 2. The molecule has 2 fully saturated rings. The average molecular weight is 351 g/mol. The minimum Gasteiger partial charge on any atom is -0.341 e. The molecule has 4 rings (SSSR count). The first-order valence-corrected chi connectivity index (χ1v) is 9.54.